The Morgan fingerprint density at radius 3 is 2.60 bits per heavy atom. The van der Waals surface area contributed by atoms with E-state index in [-0.39, 0.29) is 5.82 Å². The van der Waals surface area contributed by atoms with Crippen molar-refractivity contribution >= 4 is 11.6 Å². The van der Waals surface area contributed by atoms with Gasteiger partial charge in [0, 0.05) is 5.02 Å². The van der Waals surface area contributed by atoms with Crippen molar-refractivity contribution in [1.29, 1.82) is 0 Å². The van der Waals surface area contributed by atoms with Crippen LogP contribution in [0.5, 0.6) is 0 Å². The third kappa shape index (κ3) is 1.71. The van der Waals surface area contributed by atoms with Crippen LogP contribution in [0.2, 0.25) is 5.02 Å². The summed E-state index contributed by atoms with van der Waals surface area (Å²) in [6, 6.07) is 4.44. The highest BCUT2D eigenvalue weighted by atomic mass is 35.5. The zero-order valence-corrected chi connectivity index (χ0v) is 6.32. The van der Waals surface area contributed by atoms with E-state index in [1.165, 1.54) is 12.1 Å². The first-order chi connectivity index (χ1) is 4.72. The molecule has 2 heteroatoms. The summed E-state index contributed by atoms with van der Waals surface area (Å²) >= 11 is 5.57. The number of rotatable bonds is 1. The van der Waals surface area contributed by atoms with Gasteiger partial charge in [-0.2, -0.15) is 0 Å². The van der Waals surface area contributed by atoms with Gasteiger partial charge in [-0.05, 0) is 30.2 Å². The third-order valence-corrected chi connectivity index (χ3v) is 1.44. The minimum atomic E-state index is -0.291. The fourth-order valence-corrected chi connectivity index (χ4v) is 0.972. The topological polar surface area (TPSA) is 0 Å². The van der Waals surface area contributed by atoms with E-state index in [2.05, 4.69) is 0 Å². The molecule has 0 atom stereocenters. The Bertz CT molecular complexity index is 212. The second kappa shape index (κ2) is 3.02. The summed E-state index contributed by atoms with van der Waals surface area (Å²) in [5.74, 6) is -0.291. The van der Waals surface area contributed by atoms with E-state index in [9.17, 15) is 4.39 Å². The molecule has 53 valence electrons. The van der Waals surface area contributed by atoms with E-state index in [1.807, 2.05) is 6.92 Å². The van der Waals surface area contributed by atoms with Crippen molar-refractivity contribution < 1.29 is 4.39 Å². The molecule has 1 radical (unpaired) electrons. The van der Waals surface area contributed by atoms with Crippen LogP contribution >= 0.6 is 11.6 Å². The summed E-state index contributed by atoms with van der Waals surface area (Å²) in [7, 11) is 0. The van der Waals surface area contributed by atoms with Gasteiger partial charge in [0.1, 0.15) is 5.82 Å². The molecule has 0 N–H and O–H groups in total. The molecule has 1 rings (SSSR count). The predicted octanol–water partition coefficient (Wildman–Crippen LogP) is 3.05. The highest BCUT2D eigenvalue weighted by molar-refractivity contribution is 6.30. The van der Waals surface area contributed by atoms with Crippen LogP contribution in [0.15, 0.2) is 18.2 Å². The zero-order valence-electron chi connectivity index (χ0n) is 5.57. The lowest BCUT2D eigenvalue weighted by atomic mass is 10.2. The van der Waals surface area contributed by atoms with E-state index in [0.29, 0.717) is 5.02 Å². The van der Waals surface area contributed by atoms with Crippen molar-refractivity contribution in [3.63, 3.8) is 0 Å². The van der Waals surface area contributed by atoms with E-state index in [0.717, 1.165) is 5.56 Å². The molecule has 0 saturated heterocycles. The van der Waals surface area contributed by atoms with Crippen LogP contribution < -0.4 is 0 Å². The fourth-order valence-electron chi connectivity index (χ4n) is 0.742. The number of hydrogen-bond donors (Lipinski definition) is 0. The molecular weight excluding hydrogens is 151 g/mol. The van der Waals surface area contributed by atoms with Gasteiger partial charge in [-0.15, -0.1) is 0 Å². The summed E-state index contributed by atoms with van der Waals surface area (Å²) in [6.07, 6.45) is 1.80. The Morgan fingerprint density at radius 2 is 2.10 bits per heavy atom. The summed E-state index contributed by atoms with van der Waals surface area (Å²) < 4.78 is 12.5. The first-order valence-electron chi connectivity index (χ1n) is 2.98. The van der Waals surface area contributed by atoms with Crippen LogP contribution in [0, 0.1) is 12.2 Å². The Hall–Kier alpha value is -0.560. The van der Waals surface area contributed by atoms with Crippen molar-refractivity contribution in [3.05, 3.63) is 41.0 Å². The molecule has 0 aliphatic rings. The molecule has 0 heterocycles. The minimum absolute atomic E-state index is 0.291. The van der Waals surface area contributed by atoms with Crippen molar-refractivity contribution in [3.8, 4) is 0 Å². The van der Waals surface area contributed by atoms with E-state index in [1.54, 1.807) is 12.5 Å². The number of halogens is 2. The molecule has 0 aromatic heterocycles. The van der Waals surface area contributed by atoms with Crippen LogP contribution in [0.3, 0.4) is 0 Å². The Balaban J connectivity index is 3.06. The molecule has 0 nitrogen and oxygen atoms in total. The molecule has 1 aromatic rings. The van der Waals surface area contributed by atoms with Crippen molar-refractivity contribution in [2.75, 3.05) is 0 Å². The predicted molar refractivity (Wildman–Crippen MR) is 40.5 cm³/mol. The van der Waals surface area contributed by atoms with Gasteiger partial charge in [0.05, 0.1) is 0 Å². The molecule has 0 bridgehead atoms. The van der Waals surface area contributed by atoms with Crippen molar-refractivity contribution in [1.82, 2.24) is 0 Å². The van der Waals surface area contributed by atoms with E-state index in [4.69, 9.17) is 11.6 Å². The largest absolute Gasteiger partial charge is 0.207 e. The first kappa shape index (κ1) is 7.55. The van der Waals surface area contributed by atoms with Gasteiger partial charge < -0.3 is 0 Å². The minimum Gasteiger partial charge on any atom is -0.207 e. The highest BCUT2D eigenvalue weighted by Gasteiger charge is 1.95. The molecule has 0 aliphatic heterocycles. The van der Waals surface area contributed by atoms with Gasteiger partial charge in [-0.3, -0.25) is 0 Å². The molecule has 0 fully saturated rings. The summed E-state index contributed by atoms with van der Waals surface area (Å²) in [5.41, 5.74) is 0.810. The van der Waals surface area contributed by atoms with Crippen molar-refractivity contribution in [2.24, 2.45) is 0 Å². The maximum Gasteiger partial charge on any atom is 0.124 e. The molecule has 0 saturated carbocycles. The standard InChI is InChI=1S/C8H7ClF/c1-2-6-3-7(9)5-8(10)4-6/h2-5H,1H3. The average Bonchev–Trinajstić information content (AvgIpc) is 1.85. The van der Waals surface area contributed by atoms with Gasteiger partial charge in [0.15, 0.2) is 0 Å². The fraction of sp³-hybridized carbons (Fsp3) is 0.125. The van der Waals surface area contributed by atoms with Gasteiger partial charge in [0.2, 0.25) is 0 Å². The molecule has 0 spiro atoms. The molecule has 10 heavy (non-hydrogen) atoms. The summed E-state index contributed by atoms with van der Waals surface area (Å²) in [6.45, 7) is 1.84. The monoisotopic (exact) mass is 157 g/mol. The van der Waals surface area contributed by atoms with Crippen LogP contribution in [0.4, 0.5) is 4.39 Å². The smallest absolute Gasteiger partial charge is 0.124 e. The first-order valence-corrected chi connectivity index (χ1v) is 3.35. The van der Waals surface area contributed by atoms with Gasteiger partial charge >= 0.3 is 0 Å². The normalized spacial score (nSPS) is 9.90. The lowest BCUT2D eigenvalue weighted by molar-refractivity contribution is 0.627. The van der Waals surface area contributed by atoms with Crippen LogP contribution in [-0.2, 0) is 0 Å². The summed E-state index contributed by atoms with van der Waals surface area (Å²) in [4.78, 5) is 0. The Kier molecular flexibility index (Phi) is 2.28. The summed E-state index contributed by atoms with van der Waals surface area (Å²) in [5, 5.41) is 0.438. The molecule has 0 aliphatic carbocycles. The maximum absolute atomic E-state index is 12.5. The van der Waals surface area contributed by atoms with Crippen LogP contribution in [0.25, 0.3) is 0 Å². The lowest BCUT2D eigenvalue weighted by Crippen LogP contribution is -1.80. The van der Waals surface area contributed by atoms with E-state index < -0.39 is 0 Å². The van der Waals surface area contributed by atoms with Crippen LogP contribution in [-0.4, -0.2) is 0 Å². The lowest BCUT2D eigenvalue weighted by Gasteiger charge is -1.96. The second-order valence-electron chi connectivity index (χ2n) is 1.99. The van der Waals surface area contributed by atoms with Crippen LogP contribution in [0.1, 0.15) is 12.5 Å². The Labute approximate surface area is 64.6 Å². The quantitative estimate of drug-likeness (QED) is 0.588. The van der Waals surface area contributed by atoms with E-state index >= 15 is 0 Å². The molecular formula is C8H7ClF. The maximum atomic E-state index is 12.5. The second-order valence-corrected chi connectivity index (χ2v) is 2.43. The molecule has 0 amide bonds. The third-order valence-electron chi connectivity index (χ3n) is 1.22. The van der Waals surface area contributed by atoms with Gasteiger partial charge in [-0.25, -0.2) is 4.39 Å². The number of benzene rings is 1. The van der Waals surface area contributed by atoms with Gasteiger partial charge in [0.25, 0.3) is 0 Å². The highest BCUT2D eigenvalue weighted by Crippen LogP contribution is 2.14. The Morgan fingerprint density at radius 1 is 1.40 bits per heavy atom. The molecule has 0 unspecified atom stereocenters. The number of hydrogen-bond acceptors (Lipinski definition) is 0. The SMILES string of the molecule is C[CH]c1cc(F)cc(Cl)c1. The van der Waals surface area contributed by atoms with Crippen molar-refractivity contribution in [2.45, 2.75) is 6.92 Å². The van der Waals surface area contributed by atoms with Gasteiger partial charge in [-0.1, -0.05) is 18.5 Å². The average molecular weight is 158 g/mol. The molecule has 1 aromatic carbocycles. The zero-order chi connectivity index (χ0) is 7.56.